The first kappa shape index (κ1) is 12.3. The van der Waals surface area contributed by atoms with E-state index in [1.165, 1.54) is 21.3 Å². The van der Waals surface area contributed by atoms with Gasteiger partial charge in [-0.15, -0.1) is 0 Å². The zero-order valence-electron chi connectivity index (χ0n) is 9.81. The van der Waals surface area contributed by atoms with Gasteiger partial charge in [0.1, 0.15) is 6.04 Å². The molecule has 0 fully saturated rings. The number of methoxy groups -OCH3 is 3. The maximum Gasteiger partial charge on any atom is 0.203 e. The van der Waals surface area contributed by atoms with Crippen molar-refractivity contribution in [3.05, 3.63) is 22.6 Å². The molecule has 0 aliphatic rings. The van der Waals surface area contributed by atoms with Crippen molar-refractivity contribution in [3.8, 4) is 17.2 Å². The lowest BCUT2D eigenvalue weighted by Crippen LogP contribution is -1.98. The first-order valence-electron chi connectivity index (χ1n) is 4.80. The summed E-state index contributed by atoms with van der Waals surface area (Å²) in [6.45, 7) is 1.70. The number of hydrogen-bond donors (Lipinski definition) is 0. The molecule has 1 aromatic carbocycles. The Morgan fingerprint density at radius 1 is 1.06 bits per heavy atom. The Hall–Kier alpha value is -1.78. The molecule has 0 spiro atoms. The van der Waals surface area contributed by atoms with Gasteiger partial charge in [-0.25, -0.2) is 0 Å². The molecule has 1 unspecified atom stereocenters. The van der Waals surface area contributed by atoms with Gasteiger partial charge in [0, 0.05) is 0 Å². The maximum absolute atomic E-state index is 10.5. The third-order valence-electron chi connectivity index (χ3n) is 2.33. The zero-order valence-corrected chi connectivity index (χ0v) is 9.81. The summed E-state index contributed by atoms with van der Waals surface area (Å²) in [4.78, 5) is 10.5. The van der Waals surface area contributed by atoms with Crippen molar-refractivity contribution < 1.29 is 14.2 Å². The molecule has 0 radical (unpaired) electrons. The van der Waals surface area contributed by atoms with Crippen molar-refractivity contribution in [3.63, 3.8) is 0 Å². The zero-order chi connectivity index (χ0) is 12.1. The Balaban J connectivity index is 3.30. The van der Waals surface area contributed by atoms with Crippen LogP contribution in [-0.4, -0.2) is 21.3 Å². The minimum absolute atomic E-state index is 0.450. The Morgan fingerprint density at radius 2 is 1.56 bits per heavy atom. The van der Waals surface area contributed by atoms with Gasteiger partial charge in [-0.2, -0.15) is 4.91 Å². The van der Waals surface area contributed by atoms with Crippen molar-refractivity contribution >= 4 is 0 Å². The van der Waals surface area contributed by atoms with Crippen LogP contribution in [-0.2, 0) is 0 Å². The topological polar surface area (TPSA) is 57.1 Å². The molecule has 1 aromatic rings. The summed E-state index contributed by atoms with van der Waals surface area (Å²) in [5.41, 5.74) is 0.726. The first-order valence-corrected chi connectivity index (χ1v) is 4.80. The minimum Gasteiger partial charge on any atom is -0.493 e. The quantitative estimate of drug-likeness (QED) is 0.722. The van der Waals surface area contributed by atoms with Crippen molar-refractivity contribution in [2.75, 3.05) is 21.3 Å². The van der Waals surface area contributed by atoms with Crippen molar-refractivity contribution in [2.45, 2.75) is 13.0 Å². The summed E-state index contributed by atoms with van der Waals surface area (Å²) in [6, 6.07) is 2.98. The normalized spacial score (nSPS) is 11.8. The highest BCUT2D eigenvalue weighted by Crippen LogP contribution is 2.40. The van der Waals surface area contributed by atoms with Crippen LogP contribution in [0.25, 0.3) is 0 Å². The molecule has 5 heteroatoms. The highest BCUT2D eigenvalue weighted by molar-refractivity contribution is 5.54. The SMILES string of the molecule is COc1cc(C(C)N=O)cc(OC)c1OC. The van der Waals surface area contributed by atoms with Crippen molar-refractivity contribution in [2.24, 2.45) is 5.18 Å². The summed E-state index contributed by atoms with van der Waals surface area (Å²) in [5.74, 6) is 1.55. The molecule has 0 aromatic heterocycles. The molecule has 0 saturated carbocycles. The lowest BCUT2D eigenvalue weighted by atomic mass is 10.1. The molecule has 0 amide bonds. The molecule has 0 bridgehead atoms. The number of nitrogens with zero attached hydrogens (tertiary/aromatic N) is 1. The van der Waals surface area contributed by atoms with Crippen LogP contribution in [0, 0.1) is 4.91 Å². The van der Waals surface area contributed by atoms with Gasteiger partial charge in [-0.3, -0.25) is 0 Å². The van der Waals surface area contributed by atoms with Gasteiger partial charge in [0.25, 0.3) is 0 Å². The second-order valence-corrected chi connectivity index (χ2v) is 3.24. The van der Waals surface area contributed by atoms with Crippen LogP contribution >= 0.6 is 0 Å². The van der Waals surface area contributed by atoms with E-state index in [0.29, 0.717) is 17.2 Å². The third-order valence-corrected chi connectivity index (χ3v) is 2.33. The Labute approximate surface area is 94.3 Å². The predicted molar refractivity (Wildman–Crippen MR) is 60.3 cm³/mol. The summed E-state index contributed by atoms with van der Waals surface area (Å²) in [5, 5.41) is 2.96. The van der Waals surface area contributed by atoms with Crippen LogP contribution in [0.15, 0.2) is 17.3 Å². The molecule has 1 rings (SSSR count). The number of rotatable bonds is 5. The molecule has 0 aliphatic carbocycles. The van der Waals surface area contributed by atoms with E-state index in [9.17, 15) is 4.91 Å². The molecule has 0 saturated heterocycles. The third kappa shape index (κ3) is 2.24. The summed E-state index contributed by atoms with van der Waals surface area (Å²) >= 11 is 0. The van der Waals surface area contributed by atoms with E-state index in [1.807, 2.05) is 0 Å². The molecule has 16 heavy (non-hydrogen) atoms. The summed E-state index contributed by atoms with van der Waals surface area (Å²) < 4.78 is 15.5. The Morgan fingerprint density at radius 3 is 1.88 bits per heavy atom. The van der Waals surface area contributed by atoms with Gasteiger partial charge < -0.3 is 14.2 Å². The number of benzene rings is 1. The van der Waals surface area contributed by atoms with E-state index in [4.69, 9.17) is 14.2 Å². The fourth-order valence-electron chi connectivity index (χ4n) is 1.40. The van der Waals surface area contributed by atoms with Crippen LogP contribution in [0.1, 0.15) is 18.5 Å². The maximum atomic E-state index is 10.5. The van der Waals surface area contributed by atoms with E-state index in [1.54, 1.807) is 19.1 Å². The molecule has 0 heterocycles. The van der Waals surface area contributed by atoms with Gasteiger partial charge in [-0.1, -0.05) is 5.18 Å². The molecule has 88 valence electrons. The largest absolute Gasteiger partial charge is 0.493 e. The standard InChI is InChI=1S/C11H15NO4/c1-7(12-13)8-5-9(14-2)11(16-4)10(6-8)15-3/h5-7H,1-4H3. The predicted octanol–water partition coefficient (Wildman–Crippen LogP) is 2.54. The summed E-state index contributed by atoms with van der Waals surface area (Å²) in [7, 11) is 4.58. The smallest absolute Gasteiger partial charge is 0.203 e. The molecular formula is C11H15NO4. The van der Waals surface area contributed by atoms with Gasteiger partial charge in [0.2, 0.25) is 5.75 Å². The molecule has 0 N–H and O–H groups in total. The fraction of sp³-hybridized carbons (Fsp3) is 0.455. The second kappa shape index (κ2) is 5.34. The van der Waals surface area contributed by atoms with E-state index < -0.39 is 6.04 Å². The van der Waals surface area contributed by atoms with E-state index in [0.717, 1.165) is 5.56 Å². The van der Waals surface area contributed by atoms with Gasteiger partial charge in [-0.05, 0) is 24.6 Å². The average molecular weight is 225 g/mol. The monoisotopic (exact) mass is 225 g/mol. The van der Waals surface area contributed by atoms with Crippen LogP contribution in [0.3, 0.4) is 0 Å². The fourth-order valence-corrected chi connectivity index (χ4v) is 1.40. The lowest BCUT2D eigenvalue weighted by molar-refractivity contribution is 0.323. The Kier molecular flexibility index (Phi) is 4.10. The Bertz CT molecular complexity index is 353. The molecular weight excluding hydrogens is 210 g/mol. The first-order chi connectivity index (χ1) is 7.67. The van der Waals surface area contributed by atoms with Crippen LogP contribution < -0.4 is 14.2 Å². The summed E-state index contributed by atoms with van der Waals surface area (Å²) in [6.07, 6.45) is 0. The highest BCUT2D eigenvalue weighted by Gasteiger charge is 2.16. The van der Waals surface area contributed by atoms with E-state index in [-0.39, 0.29) is 0 Å². The number of ether oxygens (including phenoxy) is 3. The van der Waals surface area contributed by atoms with Gasteiger partial charge in [0.05, 0.1) is 21.3 Å². The molecule has 1 atom stereocenters. The van der Waals surface area contributed by atoms with Crippen molar-refractivity contribution in [1.82, 2.24) is 0 Å². The number of hydrogen-bond acceptors (Lipinski definition) is 5. The molecule has 5 nitrogen and oxygen atoms in total. The van der Waals surface area contributed by atoms with Crippen LogP contribution in [0.2, 0.25) is 0 Å². The molecule has 0 aliphatic heterocycles. The number of nitroso groups, excluding NO2 is 1. The average Bonchev–Trinajstić information content (AvgIpc) is 2.35. The van der Waals surface area contributed by atoms with E-state index in [2.05, 4.69) is 5.18 Å². The second-order valence-electron chi connectivity index (χ2n) is 3.24. The van der Waals surface area contributed by atoms with E-state index >= 15 is 0 Å². The van der Waals surface area contributed by atoms with Gasteiger partial charge in [0.15, 0.2) is 11.5 Å². The lowest BCUT2D eigenvalue weighted by Gasteiger charge is -2.14. The highest BCUT2D eigenvalue weighted by atomic mass is 16.5. The minimum atomic E-state index is -0.450. The van der Waals surface area contributed by atoms with Crippen LogP contribution in [0.4, 0.5) is 0 Å². The van der Waals surface area contributed by atoms with Crippen molar-refractivity contribution in [1.29, 1.82) is 0 Å². The van der Waals surface area contributed by atoms with Crippen LogP contribution in [0.5, 0.6) is 17.2 Å². The van der Waals surface area contributed by atoms with Gasteiger partial charge >= 0.3 is 0 Å².